The van der Waals surface area contributed by atoms with Crippen LogP contribution in [0.4, 0.5) is 0 Å². The van der Waals surface area contributed by atoms with Gasteiger partial charge in [0.1, 0.15) is 0 Å². The molecule has 0 fully saturated rings. The molecule has 0 bridgehead atoms. The molecular weight excluding hydrogens is 342 g/mol. The number of aryl methyl sites for hydroxylation is 1. The van der Waals surface area contributed by atoms with E-state index in [1.807, 2.05) is 36.6 Å². The van der Waals surface area contributed by atoms with Gasteiger partial charge in [0.2, 0.25) is 5.16 Å². The van der Waals surface area contributed by atoms with E-state index in [1.54, 1.807) is 16.7 Å². The van der Waals surface area contributed by atoms with Gasteiger partial charge >= 0.3 is 0 Å². The van der Waals surface area contributed by atoms with Crippen molar-refractivity contribution in [1.82, 2.24) is 24.6 Å². The molecule has 0 spiro atoms. The quantitative estimate of drug-likeness (QED) is 0.569. The van der Waals surface area contributed by atoms with Gasteiger partial charge in [-0.15, -0.1) is 16.4 Å². The van der Waals surface area contributed by atoms with Gasteiger partial charge in [0.25, 0.3) is 5.56 Å². The molecule has 6 nitrogen and oxygen atoms in total. The predicted molar refractivity (Wildman–Crippen MR) is 95.5 cm³/mol. The number of hydrogen-bond donors (Lipinski definition) is 1. The van der Waals surface area contributed by atoms with Crippen LogP contribution in [0.15, 0.2) is 51.9 Å². The molecule has 4 aromatic rings. The first kappa shape index (κ1) is 15.1. The number of rotatable bonds is 4. The molecule has 4 rings (SSSR count). The van der Waals surface area contributed by atoms with Crippen LogP contribution in [0.1, 0.15) is 11.3 Å². The van der Waals surface area contributed by atoms with Crippen LogP contribution in [-0.2, 0) is 5.75 Å². The summed E-state index contributed by atoms with van der Waals surface area (Å²) in [6, 6.07) is 9.66. The predicted octanol–water partition coefficient (Wildman–Crippen LogP) is 3.14. The highest BCUT2D eigenvalue weighted by molar-refractivity contribution is 7.98. The number of thiazole rings is 1. The Bertz CT molecular complexity index is 1050. The lowest BCUT2D eigenvalue weighted by Gasteiger charge is -1.98. The van der Waals surface area contributed by atoms with Crippen LogP contribution in [-0.4, -0.2) is 24.6 Å². The molecule has 1 aromatic carbocycles. The van der Waals surface area contributed by atoms with Gasteiger partial charge in [-0.2, -0.15) is 0 Å². The Labute approximate surface area is 145 Å². The van der Waals surface area contributed by atoms with Gasteiger partial charge in [0.15, 0.2) is 10.8 Å². The van der Waals surface area contributed by atoms with Gasteiger partial charge in [-0.1, -0.05) is 41.6 Å². The van der Waals surface area contributed by atoms with Gasteiger partial charge in [0, 0.05) is 29.0 Å². The lowest BCUT2D eigenvalue weighted by Crippen LogP contribution is -2.12. The highest BCUT2D eigenvalue weighted by Gasteiger charge is 2.08. The number of aromatic amines is 1. The van der Waals surface area contributed by atoms with E-state index in [1.165, 1.54) is 28.7 Å². The molecule has 0 saturated heterocycles. The summed E-state index contributed by atoms with van der Waals surface area (Å²) in [6.45, 7) is 2.05. The second kappa shape index (κ2) is 6.21. The maximum atomic E-state index is 12.0. The summed E-state index contributed by atoms with van der Waals surface area (Å²) in [5, 5.41) is 9.66. The minimum atomic E-state index is -0.0628. The second-order valence-corrected chi connectivity index (χ2v) is 7.08. The van der Waals surface area contributed by atoms with Gasteiger partial charge in [-0.25, -0.2) is 9.97 Å². The van der Waals surface area contributed by atoms with Crippen molar-refractivity contribution < 1.29 is 0 Å². The number of benzene rings is 1. The molecule has 3 heterocycles. The van der Waals surface area contributed by atoms with E-state index in [2.05, 4.69) is 20.2 Å². The summed E-state index contributed by atoms with van der Waals surface area (Å²) in [5.74, 6) is 1.29. The number of nitrogens with zero attached hydrogens (tertiary/aromatic N) is 4. The third-order valence-corrected chi connectivity index (χ3v) is 5.13. The Morgan fingerprint density at radius 2 is 2.08 bits per heavy atom. The molecule has 3 aromatic heterocycles. The number of hydrogen-bond acceptors (Lipinski definition) is 6. The Morgan fingerprint density at radius 3 is 2.92 bits per heavy atom. The fourth-order valence-corrected chi connectivity index (χ4v) is 3.68. The number of H-pyrrole nitrogens is 1. The van der Waals surface area contributed by atoms with Crippen LogP contribution < -0.4 is 5.56 Å². The number of aromatic nitrogens is 5. The Kier molecular flexibility index (Phi) is 3.91. The fraction of sp³-hybridized carbons (Fsp3) is 0.125. The van der Waals surface area contributed by atoms with Crippen molar-refractivity contribution in [2.24, 2.45) is 0 Å². The molecule has 0 radical (unpaired) electrons. The molecule has 0 aliphatic carbocycles. The van der Waals surface area contributed by atoms with Crippen molar-refractivity contribution in [2.75, 3.05) is 0 Å². The van der Waals surface area contributed by atoms with Crippen LogP contribution in [0.3, 0.4) is 0 Å². The molecular formula is C16H13N5OS2. The molecule has 8 heteroatoms. The number of nitrogens with one attached hydrogen (secondary N) is 1. The Balaban J connectivity index is 1.51. The van der Waals surface area contributed by atoms with Crippen LogP contribution in [0.5, 0.6) is 0 Å². The van der Waals surface area contributed by atoms with Gasteiger partial charge < -0.3 is 0 Å². The summed E-state index contributed by atoms with van der Waals surface area (Å²) in [7, 11) is 0. The van der Waals surface area contributed by atoms with Crippen LogP contribution >= 0.6 is 23.1 Å². The first-order valence-electron chi connectivity index (χ1n) is 7.27. The molecule has 120 valence electrons. The van der Waals surface area contributed by atoms with Crippen molar-refractivity contribution in [1.29, 1.82) is 0 Å². The average Bonchev–Trinajstić information content (AvgIpc) is 3.23. The van der Waals surface area contributed by atoms with E-state index < -0.39 is 0 Å². The first-order chi connectivity index (χ1) is 11.7. The topological polar surface area (TPSA) is 75.9 Å². The van der Waals surface area contributed by atoms with Crippen molar-refractivity contribution >= 4 is 28.1 Å². The monoisotopic (exact) mass is 355 g/mol. The van der Waals surface area contributed by atoms with Gasteiger partial charge in [-0.05, 0) is 6.92 Å². The Morgan fingerprint density at radius 1 is 1.25 bits per heavy atom. The molecule has 0 unspecified atom stereocenters. The lowest BCUT2D eigenvalue weighted by molar-refractivity contribution is 0.970. The van der Waals surface area contributed by atoms with Crippen LogP contribution in [0.2, 0.25) is 0 Å². The van der Waals surface area contributed by atoms with Crippen molar-refractivity contribution in [3.63, 3.8) is 0 Å². The molecule has 24 heavy (non-hydrogen) atoms. The standard InChI is InChI=1S/C16H13N5OS2/c1-10-2-4-11(5-3-10)14-18-15(20-19-14)24-9-12-8-13(22)21-6-7-23-16(21)17-12/h2-8H,9H2,1H3,(H,18,19,20). The summed E-state index contributed by atoms with van der Waals surface area (Å²) >= 11 is 2.90. The average molecular weight is 355 g/mol. The van der Waals surface area contributed by atoms with E-state index in [0.717, 1.165) is 17.1 Å². The number of fused-ring (bicyclic) bond motifs is 1. The van der Waals surface area contributed by atoms with Crippen LogP contribution in [0, 0.1) is 6.92 Å². The zero-order valence-corrected chi connectivity index (χ0v) is 14.4. The summed E-state index contributed by atoms with van der Waals surface area (Å²) in [5.41, 5.74) is 2.87. The third-order valence-electron chi connectivity index (χ3n) is 3.50. The summed E-state index contributed by atoms with van der Waals surface area (Å²) in [4.78, 5) is 21.6. The first-order valence-corrected chi connectivity index (χ1v) is 9.13. The molecule has 1 N–H and O–H groups in total. The Hall–Kier alpha value is -2.45. The van der Waals surface area contributed by atoms with Crippen molar-refractivity contribution in [2.45, 2.75) is 17.8 Å². The van der Waals surface area contributed by atoms with Gasteiger partial charge in [0.05, 0.1) is 5.69 Å². The molecule has 0 atom stereocenters. The minimum Gasteiger partial charge on any atom is -0.269 e. The third kappa shape index (κ3) is 2.98. The van der Waals surface area contributed by atoms with E-state index >= 15 is 0 Å². The second-order valence-electron chi connectivity index (χ2n) is 5.26. The molecule has 0 aliphatic heterocycles. The van der Waals surface area contributed by atoms with E-state index in [-0.39, 0.29) is 5.56 Å². The summed E-state index contributed by atoms with van der Waals surface area (Å²) in [6.07, 6.45) is 1.73. The zero-order chi connectivity index (χ0) is 16.5. The lowest BCUT2D eigenvalue weighted by atomic mass is 10.1. The van der Waals surface area contributed by atoms with Crippen molar-refractivity contribution in [3.8, 4) is 11.4 Å². The highest BCUT2D eigenvalue weighted by Crippen LogP contribution is 2.22. The fourth-order valence-electron chi connectivity index (χ4n) is 2.25. The normalized spacial score (nSPS) is 11.2. The molecule has 0 amide bonds. The maximum absolute atomic E-state index is 12.0. The highest BCUT2D eigenvalue weighted by atomic mass is 32.2. The van der Waals surface area contributed by atoms with E-state index in [9.17, 15) is 4.79 Å². The maximum Gasteiger partial charge on any atom is 0.258 e. The van der Waals surface area contributed by atoms with Crippen LogP contribution in [0.25, 0.3) is 16.3 Å². The molecule has 0 aliphatic rings. The molecule has 0 saturated carbocycles. The van der Waals surface area contributed by atoms with E-state index in [4.69, 9.17) is 0 Å². The largest absolute Gasteiger partial charge is 0.269 e. The van der Waals surface area contributed by atoms with Gasteiger partial charge in [-0.3, -0.25) is 14.3 Å². The SMILES string of the molecule is Cc1ccc(-c2nc(SCc3cc(=O)n4ccsc4n3)n[nH]2)cc1. The summed E-state index contributed by atoms with van der Waals surface area (Å²) < 4.78 is 1.54. The zero-order valence-electron chi connectivity index (χ0n) is 12.8. The van der Waals surface area contributed by atoms with E-state index in [0.29, 0.717) is 15.9 Å². The number of thioether (sulfide) groups is 1. The van der Waals surface area contributed by atoms with Crippen molar-refractivity contribution in [3.05, 3.63) is 63.5 Å². The minimum absolute atomic E-state index is 0.0628. The smallest absolute Gasteiger partial charge is 0.258 e.